The molecule has 2 heterocycles. The molecule has 2 N–H and O–H groups in total. The van der Waals surface area contributed by atoms with E-state index in [0.717, 1.165) is 32.5 Å². The molecule has 1 aromatic heterocycles. The first kappa shape index (κ1) is 15.5. The molecule has 1 aliphatic heterocycles. The number of likely N-dealkylation sites (tertiary alicyclic amines) is 1. The smallest absolute Gasteiger partial charge is 0.227 e. The highest BCUT2D eigenvalue weighted by atomic mass is 32.1. The van der Waals surface area contributed by atoms with Gasteiger partial charge in [0, 0.05) is 18.0 Å². The largest absolute Gasteiger partial charge is 0.342 e. The molecule has 112 valence electrons. The first-order valence-corrected chi connectivity index (χ1v) is 8.57. The summed E-state index contributed by atoms with van der Waals surface area (Å²) < 4.78 is 0. The maximum atomic E-state index is 12.4. The summed E-state index contributed by atoms with van der Waals surface area (Å²) in [5.74, 6) is 0.290. The number of rotatable bonds is 7. The number of carbonyl (C=O) groups excluding carboxylic acids is 1. The second kappa shape index (κ2) is 7.23. The molecule has 20 heavy (non-hydrogen) atoms. The molecule has 0 spiro atoms. The molecule has 2 rings (SSSR count). The molecule has 3 nitrogen and oxygen atoms in total. The van der Waals surface area contributed by atoms with Crippen LogP contribution in [-0.4, -0.2) is 30.4 Å². The lowest BCUT2D eigenvalue weighted by atomic mass is 9.78. The highest BCUT2D eigenvalue weighted by Gasteiger charge is 2.38. The van der Waals surface area contributed by atoms with E-state index in [1.807, 2.05) is 17.5 Å². The number of hydrogen-bond donors (Lipinski definition) is 1. The maximum Gasteiger partial charge on any atom is 0.227 e. The Kier molecular flexibility index (Phi) is 5.61. The lowest BCUT2D eigenvalue weighted by molar-refractivity contribution is -0.129. The topological polar surface area (TPSA) is 46.3 Å². The highest BCUT2D eigenvalue weighted by Crippen LogP contribution is 2.39. The van der Waals surface area contributed by atoms with Crippen LogP contribution in [0.3, 0.4) is 0 Å². The van der Waals surface area contributed by atoms with E-state index in [1.54, 1.807) is 11.3 Å². The number of nitrogens with two attached hydrogens (primary N) is 1. The van der Waals surface area contributed by atoms with E-state index in [1.165, 1.54) is 24.1 Å². The summed E-state index contributed by atoms with van der Waals surface area (Å²) in [7, 11) is 0. The van der Waals surface area contributed by atoms with Crippen LogP contribution in [0, 0.1) is 5.41 Å². The summed E-state index contributed by atoms with van der Waals surface area (Å²) in [6, 6.07) is 4.06. The first-order valence-electron chi connectivity index (χ1n) is 7.69. The van der Waals surface area contributed by atoms with Gasteiger partial charge in [-0.25, -0.2) is 0 Å². The second-order valence-electron chi connectivity index (χ2n) is 5.96. The van der Waals surface area contributed by atoms with Crippen LogP contribution in [0.5, 0.6) is 0 Å². The molecule has 0 unspecified atom stereocenters. The fourth-order valence-electron chi connectivity index (χ4n) is 3.36. The predicted octanol–water partition coefficient (Wildman–Crippen LogP) is 3.05. The Hall–Kier alpha value is -0.870. The summed E-state index contributed by atoms with van der Waals surface area (Å²) in [6.07, 6.45) is 6.37. The van der Waals surface area contributed by atoms with E-state index in [2.05, 4.69) is 11.8 Å². The normalized spacial score (nSPS) is 22.4. The summed E-state index contributed by atoms with van der Waals surface area (Å²) in [5.41, 5.74) is 6.00. The molecule has 0 radical (unpaired) electrons. The van der Waals surface area contributed by atoms with Crippen molar-refractivity contribution in [3.8, 4) is 0 Å². The first-order chi connectivity index (χ1) is 9.69. The minimum absolute atomic E-state index is 0.290. The highest BCUT2D eigenvalue weighted by molar-refractivity contribution is 7.10. The molecule has 0 saturated carbocycles. The molecule has 1 aliphatic rings. The maximum absolute atomic E-state index is 12.4. The van der Waals surface area contributed by atoms with Crippen molar-refractivity contribution in [1.82, 2.24) is 4.90 Å². The summed E-state index contributed by atoms with van der Waals surface area (Å²) in [6.45, 7) is 4.86. The number of nitrogens with zero attached hydrogens (tertiary/aromatic N) is 1. The Morgan fingerprint density at radius 3 is 3.00 bits per heavy atom. The quantitative estimate of drug-likeness (QED) is 0.840. The number of thiophene rings is 1. The van der Waals surface area contributed by atoms with Gasteiger partial charge in [-0.1, -0.05) is 19.4 Å². The van der Waals surface area contributed by atoms with Crippen molar-refractivity contribution in [3.05, 3.63) is 22.4 Å². The van der Waals surface area contributed by atoms with Crippen molar-refractivity contribution >= 4 is 17.2 Å². The van der Waals surface area contributed by atoms with Gasteiger partial charge >= 0.3 is 0 Å². The minimum atomic E-state index is 0.290. The van der Waals surface area contributed by atoms with Gasteiger partial charge in [-0.15, -0.1) is 11.3 Å². The average molecular weight is 294 g/mol. The zero-order valence-electron chi connectivity index (χ0n) is 12.4. The molecule has 0 aromatic carbocycles. The van der Waals surface area contributed by atoms with Crippen LogP contribution in [-0.2, 0) is 11.2 Å². The minimum Gasteiger partial charge on any atom is -0.342 e. The molecular formula is C16H26N2OS. The summed E-state index contributed by atoms with van der Waals surface area (Å²) in [4.78, 5) is 15.6. The Morgan fingerprint density at radius 1 is 1.50 bits per heavy atom. The number of amides is 1. The molecule has 0 bridgehead atoms. The standard InChI is InChI=1S/C16H26N2OS/c1-2-6-16(7-4-9-17)8-10-18(13-16)15(19)12-14-5-3-11-20-14/h3,5,11H,2,4,6-10,12-13,17H2,1H3/t16-/m0/s1. The van der Waals surface area contributed by atoms with E-state index >= 15 is 0 Å². The van der Waals surface area contributed by atoms with Gasteiger partial charge in [-0.2, -0.15) is 0 Å². The van der Waals surface area contributed by atoms with E-state index in [-0.39, 0.29) is 5.91 Å². The molecule has 0 aliphatic carbocycles. The number of carbonyl (C=O) groups is 1. The van der Waals surface area contributed by atoms with Crippen LogP contribution >= 0.6 is 11.3 Å². The molecular weight excluding hydrogens is 268 g/mol. The van der Waals surface area contributed by atoms with Crippen molar-refractivity contribution in [2.75, 3.05) is 19.6 Å². The van der Waals surface area contributed by atoms with Crippen LogP contribution in [0.4, 0.5) is 0 Å². The van der Waals surface area contributed by atoms with E-state index < -0.39 is 0 Å². The van der Waals surface area contributed by atoms with Crippen LogP contribution in [0.25, 0.3) is 0 Å². The lowest BCUT2D eigenvalue weighted by Gasteiger charge is -2.29. The predicted molar refractivity (Wildman–Crippen MR) is 84.8 cm³/mol. The van der Waals surface area contributed by atoms with E-state index in [9.17, 15) is 4.79 Å². The summed E-state index contributed by atoms with van der Waals surface area (Å²) in [5, 5.41) is 2.04. The molecule has 1 aromatic rings. The Balaban J connectivity index is 1.93. The fraction of sp³-hybridized carbons (Fsp3) is 0.688. The van der Waals surface area contributed by atoms with E-state index in [4.69, 9.17) is 5.73 Å². The van der Waals surface area contributed by atoms with Crippen LogP contribution < -0.4 is 5.73 Å². The van der Waals surface area contributed by atoms with Crippen molar-refractivity contribution in [3.63, 3.8) is 0 Å². The average Bonchev–Trinajstić information content (AvgIpc) is 3.07. The Bertz CT molecular complexity index is 418. The molecule has 1 amide bonds. The van der Waals surface area contributed by atoms with Gasteiger partial charge in [0.25, 0.3) is 0 Å². The van der Waals surface area contributed by atoms with E-state index in [0.29, 0.717) is 11.8 Å². The van der Waals surface area contributed by atoms with Crippen molar-refractivity contribution in [1.29, 1.82) is 0 Å². The van der Waals surface area contributed by atoms with Crippen molar-refractivity contribution in [2.24, 2.45) is 11.1 Å². The molecule has 4 heteroatoms. The van der Waals surface area contributed by atoms with Gasteiger partial charge in [0.2, 0.25) is 5.91 Å². The van der Waals surface area contributed by atoms with Gasteiger partial charge in [0.1, 0.15) is 0 Å². The third-order valence-electron chi connectivity index (χ3n) is 4.39. The summed E-state index contributed by atoms with van der Waals surface area (Å²) >= 11 is 1.67. The SMILES string of the molecule is CCC[C@]1(CCCN)CCN(C(=O)Cc2cccs2)C1. The van der Waals surface area contributed by atoms with Gasteiger partial charge < -0.3 is 10.6 Å². The zero-order chi connectivity index (χ0) is 14.4. The van der Waals surface area contributed by atoms with Gasteiger partial charge in [0.15, 0.2) is 0 Å². The number of hydrogen-bond acceptors (Lipinski definition) is 3. The van der Waals surface area contributed by atoms with Crippen LogP contribution in [0.1, 0.15) is 43.9 Å². The van der Waals surface area contributed by atoms with Gasteiger partial charge in [-0.05, 0) is 49.1 Å². The van der Waals surface area contributed by atoms with Gasteiger partial charge in [-0.3, -0.25) is 4.79 Å². The second-order valence-corrected chi connectivity index (χ2v) is 7.00. The third-order valence-corrected chi connectivity index (χ3v) is 5.26. The Morgan fingerprint density at radius 2 is 2.35 bits per heavy atom. The molecule has 1 fully saturated rings. The fourth-order valence-corrected chi connectivity index (χ4v) is 4.06. The van der Waals surface area contributed by atoms with Crippen LogP contribution in [0.2, 0.25) is 0 Å². The third kappa shape index (κ3) is 3.83. The van der Waals surface area contributed by atoms with Crippen LogP contribution in [0.15, 0.2) is 17.5 Å². The monoisotopic (exact) mass is 294 g/mol. The molecule has 1 atom stereocenters. The lowest BCUT2D eigenvalue weighted by Crippen LogP contribution is -2.33. The Labute approximate surface area is 126 Å². The zero-order valence-corrected chi connectivity index (χ0v) is 13.3. The van der Waals surface area contributed by atoms with Crippen molar-refractivity contribution < 1.29 is 4.79 Å². The van der Waals surface area contributed by atoms with Gasteiger partial charge in [0.05, 0.1) is 6.42 Å². The van der Waals surface area contributed by atoms with Crippen molar-refractivity contribution in [2.45, 2.75) is 45.4 Å². The molecule has 1 saturated heterocycles.